The summed E-state index contributed by atoms with van der Waals surface area (Å²) in [6, 6.07) is 3.49. The summed E-state index contributed by atoms with van der Waals surface area (Å²) in [7, 11) is 0. The van der Waals surface area contributed by atoms with E-state index in [1.54, 1.807) is 0 Å². The minimum Gasteiger partial charge on any atom is -0.395 e. The van der Waals surface area contributed by atoms with Crippen molar-refractivity contribution in [2.75, 3.05) is 6.61 Å². The standard InChI is InChI=1S/C11H12F2O/c12-9-4-8(5-10(13)6-9)11(7-14)2-1-3-11/h4-6,14H,1-3,7H2. The predicted octanol–water partition coefficient (Wildman–Crippen LogP) is 2.38. The second-order valence-electron chi connectivity index (χ2n) is 3.95. The lowest BCUT2D eigenvalue weighted by Gasteiger charge is -2.40. The molecule has 0 radical (unpaired) electrons. The number of hydrogen-bond acceptors (Lipinski definition) is 1. The number of aliphatic hydroxyl groups is 1. The van der Waals surface area contributed by atoms with Crippen molar-refractivity contribution in [3.8, 4) is 0 Å². The molecule has 1 fully saturated rings. The van der Waals surface area contributed by atoms with Crippen LogP contribution in [0.4, 0.5) is 8.78 Å². The van der Waals surface area contributed by atoms with E-state index in [2.05, 4.69) is 0 Å². The number of aliphatic hydroxyl groups excluding tert-OH is 1. The summed E-state index contributed by atoms with van der Waals surface area (Å²) < 4.78 is 25.9. The zero-order valence-corrected chi connectivity index (χ0v) is 7.76. The van der Waals surface area contributed by atoms with Crippen LogP contribution in [-0.4, -0.2) is 11.7 Å². The monoisotopic (exact) mass is 198 g/mol. The molecule has 1 aliphatic rings. The van der Waals surface area contributed by atoms with E-state index in [1.807, 2.05) is 0 Å². The van der Waals surface area contributed by atoms with Crippen LogP contribution < -0.4 is 0 Å². The van der Waals surface area contributed by atoms with Crippen molar-refractivity contribution in [3.05, 3.63) is 35.4 Å². The number of halogens is 2. The molecule has 2 rings (SSSR count). The van der Waals surface area contributed by atoms with Gasteiger partial charge in [0.05, 0.1) is 6.61 Å². The fourth-order valence-corrected chi connectivity index (χ4v) is 2.00. The summed E-state index contributed by atoms with van der Waals surface area (Å²) in [5.41, 5.74) is 0.201. The molecule has 3 heteroatoms. The third-order valence-electron chi connectivity index (χ3n) is 3.09. The summed E-state index contributed by atoms with van der Waals surface area (Å²) in [5.74, 6) is -1.14. The van der Waals surface area contributed by atoms with Crippen LogP contribution in [0.15, 0.2) is 18.2 Å². The molecule has 0 bridgehead atoms. The molecule has 1 N–H and O–H groups in total. The van der Waals surface area contributed by atoms with Gasteiger partial charge in [-0.3, -0.25) is 0 Å². The van der Waals surface area contributed by atoms with Crippen LogP contribution in [0.1, 0.15) is 24.8 Å². The molecule has 0 unspecified atom stereocenters. The van der Waals surface area contributed by atoms with Gasteiger partial charge in [0.25, 0.3) is 0 Å². The molecule has 1 nitrogen and oxygen atoms in total. The minimum absolute atomic E-state index is 0.0319. The van der Waals surface area contributed by atoms with E-state index in [-0.39, 0.29) is 12.0 Å². The maximum absolute atomic E-state index is 12.9. The zero-order chi connectivity index (χ0) is 10.2. The average molecular weight is 198 g/mol. The molecule has 0 saturated heterocycles. The van der Waals surface area contributed by atoms with Gasteiger partial charge in [-0.2, -0.15) is 0 Å². The summed E-state index contributed by atoms with van der Waals surface area (Å²) >= 11 is 0. The Bertz CT molecular complexity index is 319. The highest BCUT2D eigenvalue weighted by atomic mass is 19.1. The highest BCUT2D eigenvalue weighted by Crippen LogP contribution is 2.43. The van der Waals surface area contributed by atoms with Gasteiger partial charge in [0.1, 0.15) is 11.6 Å². The highest BCUT2D eigenvalue weighted by Gasteiger charge is 2.38. The van der Waals surface area contributed by atoms with E-state index in [1.165, 1.54) is 12.1 Å². The first-order valence-corrected chi connectivity index (χ1v) is 4.74. The van der Waals surface area contributed by atoms with E-state index in [0.717, 1.165) is 25.3 Å². The van der Waals surface area contributed by atoms with E-state index in [4.69, 9.17) is 0 Å². The van der Waals surface area contributed by atoms with Crippen molar-refractivity contribution in [2.45, 2.75) is 24.7 Å². The van der Waals surface area contributed by atoms with Gasteiger partial charge in [0.2, 0.25) is 0 Å². The lowest BCUT2D eigenvalue weighted by atomic mass is 9.65. The smallest absolute Gasteiger partial charge is 0.126 e. The third-order valence-corrected chi connectivity index (χ3v) is 3.09. The minimum atomic E-state index is -0.570. The first-order chi connectivity index (χ1) is 6.66. The molecule has 1 aliphatic carbocycles. The first-order valence-electron chi connectivity index (χ1n) is 4.74. The van der Waals surface area contributed by atoms with Gasteiger partial charge in [-0.1, -0.05) is 6.42 Å². The Morgan fingerprint density at radius 2 is 1.71 bits per heavy atom. The first kappa shape index (κ1) is 9.59. The van der Waals surface area contributed by atoms with Gasteiger partial charge in [-0.25, -0.2) is 8.78 Å². The van der Waals surface area contributed by atoms with E-state index < -0.39 is 11.6 Å². The molecule has 14 heavy (non-hydrogen) atoms. The molecule has 1 aromatic rings. The van der Waals surface area contributed by atoms with Gasteiger partial charge < -0.3 is 5.11 Å². The predicted molar refractivity (Wildman–Crippen MR) is 49.0 cm³/mol. The summed E-state index contributed by atoms with van der Waals surface area (Å²) in [6.07, 6.45) is 2.64. The van der Waals surface area contributed by atoms with Crippen molar-refractivity contribution >= 4 is 0 Å². The summed E-state index contributed by atoms with van der Waals surface area (Å²) in [6.45, 7) is -0.0319. The lowest BCUT2D eigenvalue weighted by Crippen LogP contribution is -2.38. The van der Waals surface area contributed by atoms with Gasteiger partial charge in [-0.05, 0) is 30.5 Å². The van der Waals surface area contributed by atoms with Crippen molar-refractivity contribution in [1.82, 2.24) is 0 Å². The van der Waals surface area contributed by atoms with Crippen molar-refractivity contribution in [3.63, 3.8) is 0 Å². The Morgan fingerprint density at radius 1 is 1.14 bits per heavy atom. The van der Waals surface area contributed by atoms with Gasteiger partial charge >= 0.3 is 0 Å². The third kappa shape index (κ3) is 1.42. The summed E-state index contributed by atoms with van der Waals surface area (Å²) in [5, 5.41) is 9.23. The quantitative estimate of drug-likeness (QED) is 0.773. The average Bonchev–Trinajstić information content (AvgIpc) is 2.01. The number of benzene rings is 1. The number of rotatable bonds is 2. The Hall–Kier alpha value is -0.960. The van der Waals surface area contributed by atoms with Crippen LogP contribution in [0.5, 0.6) is 0 Å². The maximum atomic E-state index is 12.9. The Kier molecular flexibility index (Phi) is 2.27. The molecule has 0 amide bonds. The molecule has 0 aromatic heterocycles. The summed E-state index contributed by atoms with van der Waals surface area (Å²) in [4.78, 5) is 0. The van der Waals surface area contributed by atoms with Gasteiger partial charge in [0, 0.05) is 11.5 Å². The van der Waals surface area contributed by atoms with E-state index in [9.17, 15) is 13.9 Å². The zero-order valence-electron chi connectivity index (χ0n) is 7.76. The van der Waals surface area contributed by atoms with Gasteiger partial charge in [0.15, 0.2) is 0 Å². The second-order valence-corrected chi connectivity index (χ2v) is 3.95. The second kappa shape index (κ2) is 3.31. The SMILES string of the molecule is OCC1(c2cc(F)cc(F)c2)CCC1. The molecule has 76 valence electrons. The van der Waals surface area contributed by atoms with E-state index >= 15 is 0 Å². The Labute approximate surface area is 81.4 Å². The van der Waals surface area contributed by atoms with E-state index in [0.29, 0.717) is 5.56 Å². The van der Waals surface area contributed by atoms with Crippen LogP contribution >= 0.6 is 0 Å². The molecule has 0 heterocycles. The van der Waals surface area contributed by atoms with Gasteiger partial charge in [-0.15, -0.1) is 0 Å². The molecular weight excluding hydrogens is 186 g/mol. The normalized spacial score (nSPS) is 19.1. The Balaban J connectivity index is 2.39. The van der Waals surface area contributed by atoms with Crippen LogP contribution in [-0.2, 0) is 5.41 Å². The Morgan fingerprint density at radius 3 is 2.07 bits per heavy atom. The largest absolute Gasteiger partial charge is 0.395 e. The molecule has 1 saturated carbocycles. The fourth-order valence-electron chi connectivity index (χ4n) is 2.00. The topological polar surface area (TPSA) is 20.2 Å². The van der Waals surface area contributed by atoms with Crippen LogP contribution in [0.3, 0.4) is 0 Å². The molecule has 0 aliphatic heterocycles. The maximum Gasteiger partial charge on any atom is 0.126 e. The van der Waals surface area contributed by atoms with Crippen molar-refractivity contribution in [2.24, 2.45) is 0 Å². The molecule has 0 atom stereocenters. The fraction of sp³-hybridized carbons (Fsp3) is 0.455. The van der Waals surface area contributed by atoms with Crippen molar-refractivity contribution < 1.29 is 13.9 Å². The van der Waals surface area contributed by atoms with Crippen molar-refractivity contribution in [1.29, 1.82) is 0 Å². The van der Waals surface area contributed by atoms with Crippen LogP contribution in [0, 0.1) is 11.6 Å². The van der Waals surface area contributed by atoms with Crippen LogP contribution in [0.25, 0.3) is 0 Å². The highest BCUT2D eigenvalue weighted by molar-refractivity contribution is 5.29. The molecule has 1 aromatic carbocycles. The van der Waals surface area contributed by atoms with Crippen LogP contribution in [0.2, 0.25) is 0 Å². The number of hydrogen-bond donors (Lipinski definition) is 1. The lowest BCUT2D eigenvalue weighted by molar-refractivity contribution is 0.119. The molecule has 0 spiro atoms. The molecular formula is C11H12F2O.